The van der Waals surface area contributed by atoms with E-state index in [4.69, 9.17) is 9.72 Å². The molecule has 5 heteroatoms. The molecule has 3 aromatic heterocycles. The predicted octanol–water partition coefficient (Wildman–Crippen LogP) is 15.8. The summed E-state index contributed by atoms with van der Waals surface area (Å²) in [5.41, 5.74) is 13.5. The van der Waals surface area contributed by atoms with Crippen LogP contribution >= 0.6 is 0 Å². The smallest absolute Gasteiger partial charge is 0.269 e. The van der Waals surface area contributed by atoms with Gasteiger partial charge in [-0.05, 0) is 122 Å². The van der Waals surface area contributed by atoms with Crippen LogP contribution in [0.1, 0.15) is 129 Å². The second kappa shape index (κ2) is 16.9. The summed E-state index contributed by atoms with van der Waals surface area (Å²) in [5.74, 6) is 2.69. The zero-order valence-electron chi connectivity index (χ0n) is 41.8. The van der Waals surface area contributed by atoms with Gasteiger partial charge in [-0.25, -0.2) is 4.98 Å². The molecule has 9 aromatic rings. The molecule has 0 fully saturated rings. The number of para-hydroxylation sites is 1. The van der Waals surface area contributed by atoms with E-state index in [2.05, 4.69) is 262 Å². The zero-order valence-corrected chi connectivity index (χ0v) is 41.8. The number of rotatable bonds is 9. The number of benzene rings is 6. The van der Waals surface area contributed by atoms with Crippen LogP contribution in [0.5, 0.6) is 11.5 Å². The van der Waals surface area contributed by atoms with Crippen LogP contribution in [0.3, 0.4) is 0 Å². The molecule has 0 amide bonds. The summed E-state index contributed by atoms with van der Waals surface area (Å²) in [6.45, 7) is 29.7. The monoisotopic (exact) mass is 883 g/mol. The van der Waals surface area contributed by atoms with Crippen LogP contribution in [-0.4, -0.2) is 14.1 Å². The van der Waals surface area contributed by atoms with Crippen molar-refractivity contribution in [2.24, 2.45) is 0 Å². The molecule has 0 atom stereocenters. The van der Waals surface area contributed by atoms with Crippen molar-refractivity contribution in [2.45, 2.75) is 118 Å². The van der Waals surface area contributed by atoms with E-state index in [1.54, 1.807) is 0 Å². The van der Waals surface area contributed by atoms with Gasteiger partial charge in [0.25, 0.3) is 6.33 Å². The zero-order chi connectivity index (χ0) is 47.6. The standard InChI is InChI=1S/C62H66N4O/c1-41(2)51-23-17-18-24-52(51)42-31-48(65-40-64(39-57(65)61(9,10)11)47-34-45(59(3,4)5)33-46(35-47)60(6,7)8)37-50(32-42)67-49-27-28-54-53-25-19-20-26-55(53)66(56(54)38-49)58-36-44(29-30-63-58)62(12,13)43-21-15-14-16-22-43/h14-39,41H,1-13H3. The quantitative estimate of drug-likeness (QED) is 0.107. The maximum absolute atomic E-state index is 7.09. The van der Waals surface area contributed by atoms with E-state index < -0.39 is 0 Å². The summed E-state index contributed by atoms with van der Waals surface area (Å²) in [7, 11) is 0. The largest absolute Gasteiger partial charge is 0.458 e. The highest BCUT2D eigenvalue weighted by atomic mass is 16.5. The van der Waals surface area contributed by atoms with Crippen LogP contribution in [0.4, 0.5) is 0 Å². The van der Waals surface area contributed by atoms with Gasteiger partial charge in [-0.1, -0.05) is 169 Å². The highest BCUT2D eigenvalue weighted by molar-refractivity contribution is 6.09. The molecule has 0 radical (unpaired) electrons. The van der Waals surface area contributed by atoms with Crippen molar-refractivity contribution in [3.63, 3.8) is 0 Å². The molecule has 5 nitrogen and oxygen atoms in total. The molecule has 67 heavy (non-hydrogen) atoms. The molecule has 0 aliphatic carbocycles. The molecule has 0 bridgehead atoms. The van der Waals surface area contributed by atoms with E-state index in [1.807, 2.05) is 6.20 Å². The molecule has 0 aliphatic rings. The first-order valence-corrected chi connectivity index (χ1v) is 23.9. The molecule has 6 aromatic carbocycles. The van der Waals surface area contributed by atoms with Crippen molar-refractivity contribution >= 4 is 21.8 Å². The minimum absolute atomic E-state index is 0.0203. The Morgan fingerprint density at radius 1 is 0.552 bits per heavy atom. The van der Waals surface area contributed by atoms with Gasteiger partial charge in [-0.3, -0.25) is 13.7 Å². The third-order valence-corrected chi connectivity index (χ3v) is 13.5. The van der Waals surface area contributed by atoms with Crippen molar-refractivity contribution in [1.82, 2.24) is 14.1 Å². The number of hydrogen-bond donors (Lipinski definition) is 0. The molecular formula is C62H66N4O. The Bertz CT molecular complexity index is 3240. The number of pyridine rings is 1. The van der Waals surface area contributed by atoms with Gasteiger partial charge in [0.2, 0.25) is 0 Å². The minimum Gasteiger partial charge on any atom is -0.458 e. The molecule has 0 N–H and O–H groups in total. The highest BCUT2D eigenvalue weighted by Gasteiger charge is 2.27. The number of ether oxygens (including phenoxy) is 1. The number of imidazole rings is 1. The summed E-state index contributed by atoms with van der Waals surface area (Å²) in [6.07, 6.45) is 8.05. The van der Waals surface area contributed by atoms with Crippen molar-refractivity contribution in [2.75, 3.05) is 0 Å². The molecule has 3 heterocycles. The van der Waals surface area contributed by atoms with Crippen LogP contribution in [0.25, 0.3) is 50.1 Å². The summed E-state index contributed by atoms with van der Waals surface area (Å²) in [5, 5.41) is 2.31. The maximum atomic E-state index is 7.09. The Hall–Kier alpha value is -6.72. The molecule has 0 spiro atoms. The highest BCUT2D eigenvalue weighted by Crippen LogP contribution is 2.40. The van der Waals surface area contributed by atoms with Gasteiger partial charge < -0.3 is 4.74 Å². The first kappa shape index (κ1) is 45.4. The van der Waals surface area contributed by atoms with Gasteiger partial charge in [-0.15, -0.1) is 0 Å². The van der Waals surface area contributed by atoms with E-state index in [0.717, 1.165) is 56.4 Å². The topological polar surface area (TPSA) is 35.9 Å². The second-order valence-corrected chi connectivity index (χ2v) is 22.3. The molecular weight excluding hydrogens is 817 g/mol. The third kappa shape index (κ3) is 8.85. The second-order valence-electron chi connectivity index (χ2n) is 22.3. The fraction of sp³-hybridized carbons (Fsp3) is 0.290. The van der Waals surface area contributed by atoms with Crippen molar-refractivity contribution in [3.05, 3.63) is 198 Å². The van der Waals surface area contributed by atoms with Crippen LogP contribution in [0.2, 0.25) is 0 Å². The first-order valence-electron chi connectivity index (χ1n) is 23.9. The van der Waals surface area contributed by atoms with Crippen LogP contribution in [0, 0.1) is 6.33 Å². The van der Waals surface area contributed by atoms with Gasteiger partial charge in [0, 0.05) is 34.6 Å². The molecule has 0 unspecified atom stereocenters. The Labute approximate surface area is 398 Å². The maximum Gasteiger partial charge on any atom is 0.269 e. The molecule has 0 saturated heterocycles. The lowest BCUT2D eigenvalue weighted by molar-refractivity contribution is -0.599. The van der Waals surface area contributed by atoms with Crippen molar-refractivity contribution in [3.8, 4) is 39.8 Å². The minimum atomic E-state index is -0.224. The van der Waals surface area contributed by atoms with Gasteiger partial charge in [-0.2, -0.15) is 0 Å². The lowest BCUT2D eigenvalue weighted by Crippen LogP contribution is -2.30. The van der Waals surface area contributed by atoms with Gasteiger partial charge in [0.15, 0.2) is 0 Å². The van der Waals surface area contributed by atoms with E-state index in [-0.39, 0.29) is 21.7 Å². The number of aromatic nitrogens is 4. The summed E-state index contributed by atoms with van der Waals surface area (Å²) in [6, 6.07) is 52.6. The van der Waals surface area contributed by atoms with E-state index >= 15 is 0 Å². The summed E-state index contributed by atoms with van der Waals surface area (Å²) < 4.78 is 13.8. The van der Waals surface area contributed by atoms with Crippen LogP contribution in [-0.2, 0) is 21.7 Å². The van der Waals surface area contributed by atoms with E-state index in [0.29, 0.717) is 5.92 Å². The predicted molar refractivity (Wildman–Crippen MR) is 279 cm³/mol. The van der Waals surface area contributed by atoms with Gasteiger partial charge >= 0.3 is 0 Å². The van der Waals surface area contributed by atoms with Gasteiger partial charge in [0.05, 0.1) is 28.1 Å². The Morgan fingerprint density at radius 3 is 1.90 bits per heavy atom. The lowest BCUT2D eigenvalue weighted by atomic mass is 9.78. The number of hydrogen-bond acceptors (Lipinski definition) is 2. The van der Waals surface area contributed by atoms with Crippen molar-refractivity contribution in [1.29, 1.82) is 0 Å². The third-order valence-electron chi connectivity index (χ3n) is 13.5. The fourth-order valence-electron chi connectivity index (χ4n) is 9.38. The SMILES string of the molecule is CC(C)c1ccccc1-c1cc(Oc2ccc3c4ccccc4n(-c4cc(C(C)(C)c5ccccc5)ccn4)c3c2)cc(-n2[c-][n+](-c3cc(C(C)(C)C)cc(C(C)(C)C)c3)cc2C(C)(C)C)c1. The Morgan fingerprint density at radius 2 is 1.21 bits per heavy atom. The Balaban J connectivity index is 1.21. The van der Waals surface area contributed by atoms with Gasteiger partial charge in [0.1, 0.15) is 17.3 Å². The number of fused-ring (bicyclic) bond motifs is 3. The average Bonchev–Trinajstić information content (AvgIpc) is 3.90. The summed E-state index contributed by atoms with van der Waals surface area (Å²) >= 11 is 0. The van der Waals surface area contributed by atoms with Crippen LogP contribution < -0.4 is 9.30 Å². The first-order chi connectivity index (χ1) is 31.7. The van der Waals surface area contributed by atoms with E-state index in [9.17, 15) is 0 Å². The molecule has 340 valence electrons. The van der Waals surface area contributed by atoms with E-state index in [1.165, 1.54) is 38.8 Å². The molecule has 0 aliphatic heterocycles. The molecule has 9 rings (SSSR count). The normalized spacial score (nSPS) is 12.7. The Kier molecular flexibility index (Phi) is 11.4. The van der Waals surface area contributed by atoms with Crippen LogP contribution in [0.15, 0.2) is 158 Å². The average molecular weight is 883 g/mol. The lowest BCUT2D eigenvalue weighted by Gasteiger charge is -2.26. The summed E-state index contributed by atoms with van der Waals surface area (Å²) in [4.78, 5) is 5.01. The molecule has 0 saturated carbocycles. The van der Waals surface area contributed by atoms with Crippen molar-refractivity contribution < 1.29 is 9.30 Å². The fourth-order valence-corrected chi connectivity index (χ4v) is 9.38. The number of nitrogens with zero attached hydrogens (tertiary/aromatic N) is 4.